The third-order valence-electron chi connectivity index (χ3n) is 5.22. The Morgan fingerprint density at radius 1 is 1.37 bits per heavy atom. The van der Waals surface area contributed by atoms with E-state index in [1.165, 1.54) is 4.90 Å². The zero-order valence-corrected chi connectivity index (χ0v) is 14.1. The van der Waals surface area contributed by atoms with Crippen LogP contribution < -0.4 is 9.64 Å². The summed E-state index contributed by atoms with van der Waals surface area (Å²) in [5, 5.41) is 15.9. The minimum absolute atomic E-state index is 0.177. The number of aromatic amines is 1. The molecular weight excluding hydrogens is 350 g/mol. The number of ether oxygens (including phenoxy) is 1. The van der Waals surface area contributed by atoms with Gasteiger partial charge in [-0.05, 0) is 12.1 Å². The molecule has 9 heteroatoms. The zero-order chi connectivity index (χ0) is 18.6. The molecule has 1 amide bonds. The topological polar surface area (TPSA) is 121 Å². The van der Waals surface area contributed by atoms with Crippen molar-refractivity contribution in [3.63, 3.8) is 0 Å². The van der Waals surface area contributed by atoms with E-state index in [4.69, 9.17) is 9.84 Å². The quantitative estimate of drug-likeness (QED) is 0.714. The molecule has 0 unspecified atom stereocenters. The summed E-state index contributed by atoms with van der Waals surface area (Å²) in [7, 11) is 0. The van der Waals surface area contributed by atoms with Gasteiger partial charge in [0.25, 0.3) is 0 Å². The molecule has 0 radical (unpaired) electrons. The van der Waals surface area contributed by atoms with E-state index in [9.17, 15) is 9.59 Å². The van der Waals surface area contributed by atoms with E-state index < -0.39 is 17.9 Å². The normalized spacial score (nSPS) is 23.5. The molecule has 0 bridgehead atoms. The highest BCUT2D eigenvalue weighted by molar-refractivity contribution is 6.10. The Morgan fingerprint density at radius 3 is 3.04 bits per heavy atom. The summed E-state index contributed by atoms with van der Waals surface area (Å²) >= 11 is 0. The van der Waals surface area contributed by atoms with Crippen LogP contribution in [0, 0.1) is 0 Å². The molecule has 5 rings (SSSR count). The average molecular weight is 365 g/mol. The second-order valence-corrected chi connectivity index (χ2v) is 6.84. The molecule has 1 aliphatic heterocycles. The van der Waals surface area contributed by atoms with Crippen molar-refractivity contribution in [3.8, 4) is 5.88 Å². The summed E-state index contributed by atoms with van der Waals surface area (Å²) in [5.74, 6) is -0.386. The maximum atomic E-state index is 13.0. The summed E-state index contributed by atoms with van der Waals surface area (Å²) in [6.07, 6.45) is 3.94. The maximum absolute atomic E-state index is 13.0. The van der Waals surface area contributed by atoms with Gasteiger partial charge in [-0.15, -0.1) is 0 Å². The van der Waals surface area contributed by atoms with Gasteiger partial charge in [-0.1, -0.05) is 6.07 Å². The molecule has 1 fully saturated rings. The summed E-state index contributed by atoms with van der Waals surface area (Å²) in [5.41, 5.74) is 1.54. The predicted molar refractivity (Wildman–Crippen MR) is 93.4 cm³/mol. The fourth-order valence-corrected chi connectivity index (χ4v) is 3.98. The molecule has 2 N–H and O–H groups in total. The third kappa shape index (κ3) is 2.28. The molecule has 136 valence electrons. The molecule has 1 aliphatic carbocycles. The number of nitrogens with one attached hydrogen (secondary N) is 1. The van der Waals surface area contributed by atoms with Crippen LogP contribution >= 0.6 is 0 Å². The van der Waals surface area contributed by atoms with Gasteiger partial charge in [0.05, 0.1) is 17.1 Å². The molecule has 2 aliphatic rings. The van der Waals surface area contributed by atoms with E-state index in [-0.39, 0.29) is 12.0 Å². The van der Waals surface area contributed by atoms with Gasteiger partial charge in [0, 0.05) is 30.7 Å². The number of pyridine rings is 2. The van der Waals surface area contributed by atoms with Gasteiger partial charge >= 0.3 is 5.97 Å². The lowest BCUT2D eigenvalue weighted by atomic mass is 9.63. The van der Waals surface area contributed by atoms with E-state index in [0.29, 0.717) is 30.1 Å². The van der Waals surface area contributed by atoms with E-state index in [2.05, 4.69) is 20.2 Å². The van der Waals surface area contributed by atoms with Crippen LogP contribution in [0.5, 0.6) is 5.88 Å². The second kappa shape index (κ2) is 5.50. The van der Waals surface area contributed by atoms with Gasteiger partial charge in [-0.25, -0.2) is 9.97 Å². The lowest BCUT2D eigenvalue weighted by molar-refractivity contribution is -0.138. The van der Waals surface area contributed by atoms with Crippen LogP contribution in [0.3, 0.4) is 0 Å². The molecule has 0 saturated heterocycles. The molecule has 3 aromatic rings. The third-order valence-corrected chi connectivity index (χ3v) is 5.22. The van der Waals surface area contributed by atoms with E-state index in [1.54, 1.807) is 24.5 Å². The van der Waals surface area contributed by atoms with Crippen molar-refractivity contribution in [2.75, 3.05) is 11.4 Å². The average Bonchev–Trinajstić information content (AvgIpc) is 3.17. The van der Waals surface area contributed by atoms with Crippen molar-refractivity contribution < 1.29 is 19.4 Å². The first-order valence-electron chi connectivity index (χ1n) is 8.53. The Balaban J connectivity index is 1.39. The number of nitrogens with zero attached hydrogens (tertiary/aromatic N) is 4. The first-order valence-corrected chi connectivity index (χ1v) is 8.53. The fraction of sp³-hybridized carbons (Fsp3) is 0.278. The minimum atomic E-state index is -1.07. The van der Waals surface area contributed by atoms with Crippen LogP contribution in [0.4, 0.5) is 5.82 Å². The number of carbonyl (C=O) groups is 2. The molecule has 3 aromatic heterocycles. The lowest BCUT2D eigenvalue weighted by Crippen LogP contribution is -2.54. The molecule has 0 aromatic carbocycles. The second-order valence-electron chi connectivity index (χ2n) is 6.84. The number of aromatic nitrogens is 4. The molecule has 4 heterocycles. The van der Waals surface area contributed by atoms with Crippen LogP contribution in [0.15, 0.2) is 36.7 Å². The number of hydrogen-bond donors (Lipinski definition) is 2. The summed E-state index contributed by atoms with van der Waals surface area (Å²) < 4.78 is 5.93. The number of rotatable bonds is 4. The van der Waals surface area contributed by atoms with Crippen molar-refractivity contribution >= 4 is 28.7 Å². The van der Waals surface area contributed by atoms with E-state index in [1.807, 2.05) is 12.1 Å². The first kappa shape index (κ1) is 15.7. The number of aliphatic carboxylic acids is 1. The highest BCUT2D eigenvalue weighted by atomic mass is 16.5. The lowest BCUT2D eigenvalue weighted by Gasteiger charge is -2.43. The molecule has 9 nitrogen and oxygen atoms in total. The first-order chi connectivity index (χ1) is 13.1. The van der Waals surface area contributed by atoms with Crippen molar-refractivity contribution in [2.45, 2.75) is 24.4 Å². The summed E-state index contributed by atoms with van der Waals surface area (Å²) in [6, 6.07) is 7.20. The Hall–Kier alpha value is -3.49. The predicted octanol–water partition coefficient (Wildman–Crippen LogP) is 1.26. The Kier molecular flexibility index (Phi) is 3.21. The summed E-state index contributed by atoms with van der Waals surface area (Å²) in [4.78, 5) is 34.0. The standard InChI is InChI=1S/C18H15N5O4/c24-15(25)9-23-16-11(2-1-5-19-16)18(17(23)26)6-10(7-18)27-14-4-3-12-13(21-14)8-20-22-12/h1-5,8,10H,6-7,9H2,(H,20,22)(H,24,25). The number of fused-ring (bicyclic) bond motifs is 3. The van der Waals surface area contributed by atoms with Gasteiger partial charge in [-0.2, -0.15) is 5.10 Å². The van der Waals surface area contributed by atoms with E-state index >= 15 is 0 Å². The van der Waals surface area contributed by atoms with Crippen LogP contribution in [0.1, 0.15) is 18.4 Å². The van der Waals surface area contributed by atoms with Crippen LogP contribution in [0.25, 0.3) is 11.0 Å². The smallest absolute Gasteiger partial charge is 0.323 e. The van der Waals surface area contributed by atoms with Crippen molar-refractivity contribution in [3.05, 3.63) is 42.2 Å². The highest BCUT2D eigenvalue weighted by Crippen LogP contribution is 2.53. The van der Waals surface area contributed by atoms with Crippen molar-refractivity contribution in [1.82, 2.24) is 20.2 Å². The largest absolute Gasteiger partial charge is 0.480 e. The number of hydrogen-bond acceptors (Lipinski definition) is 6. The highest BCUT2D eigenvalue weighted by Gasteiger charge is 2.60. The van der Waals surface area contributed by atoms with Gasteiger partial charge < -0.3 is 9.84 Å². The zero-order valence-electron chi connectivity index (χ0n) is 14.1. The fourth-order valence-electron chi connectivity index (χ4n) is 3.98. The van der Waals surface area contributed by atoms with Gasteiger partial charge in [0.2, 0.25) is 11.8 Å². The molecule has 0 atom stereocenters. The number of anilines is 1. The van der Waals surface area contributed by atoms with E-state index in [0.717, 1.165) is 11.1 Å². The van der Waals surface area contributed by atoms with Crippen molar-refractivity contribution in [1.29, 1.82) is 0 Å². The molecule has 1 spiro atoms. The van der Waals surface area contributed by atoms with Gasteiger partial charge in [0.1, 0.15) is 24.0 Å². The number of H-pyrrole nitrogens is 1. The molecular formula is C18H15N5O4. The van der Waals surface area contributed by atoms with Gasteiger partial charge in [-0.3, -0.25) is 19.6 Å². The Morgan fingerprint density at radius 2 is 2.22 bits per heavy atom. The van der Waals surface area contributed by atoms with Crippen molar-refractivity contribution in [2.24, 2.45) is 0 Å². The SMILES string of the molecule is O=C(O)CN1C(=O)C2(CC(Oc3ccc4[nH]ncc4n3)C2)c2cccnc21. The number of carboxylic acids is 1. The minimum Gasteiger partial charge on any atom is -0.480 e. The van der Waals surface area contributed by atoms with Gasteiger partial charge in [0.15, 0.2) is 0 Å². The summed E-state index contributed by atoms with van der Waals surface area (Å²) in [6.45, 7) is -0.394. The van der Waals surface area contributed by atoms with Crippen LogP contribution in [-0.2, 0) is 15.0 Å². The monoisotopic (exact) mass is 365 g/mol. The van der Waals surface area contributed by atoms with Crippen LogP contribution in [0.2, 0.25) is 0 Å². The maximum Gasteiger partial charge on any atom is 0.323 e. The number of amides is 1. The Bertz CT molecular complexity index is 1070. The molecule has 27 heavy (non-hydrogen) atoms. The number of carbonyl (C=O) groups excluding carboxylic acids is 1. The van der Waals surface area contributed by atoms with Crippen LogP contribution in [-0.4, -0.2) is 49.8 Å². The number of carboxylic acid groups (broad SMARTS) is 1. The Labute approximate surface area is 153 Å². The molecule has 1 saturated carbocycles.